The third-order valence-corrected chi connectivity index (χ3v) is 5.95. The van der Waals surface area contributed by atoms with Gasteiger partial charge in [0.15, 0.2) is 11.5 Å². The first-order valence-corrected chi connectivity index (χ1v) is 9.38. The number of piperidine rings is 3. The van der Waals surface area contributed by atoms with Gasteiger partial charge >= 0.3 is 0 Å². The molecule has 3 aliphatic rings. The molecule has 138 valence electrons. The molecule has 0 unspecified atom stereocenters. The van der Waals surface area contributed by atoms with E-state index in [-0.39, 0.29) is 0 Å². The second-order valence-corrected chi connectivity index (χ2v) is 7.29. The minimum atomic E-state index is 0.520. The minimum Gasteiger partial charge on any atom is -0.493 e. The Hall–Kier alpha value is -2.27. The van der Waals surface area contributed by atoms with Crippen LogP contribution in [0.1, 0.15) is 19.8 Å². The fourth-order valence-electron chi connectivity index (χ4n) is 4.38. The molecule has 5 rings (SSSR count). The number of anilines is 1. The highest BCUT2D eigenvalue weighted by Crippen LogP contribution is 2.35. The van der Waals surface area contributed by atoms with Crippen molar-refractivity contribution in [3.05, 3.63) is 36.5 Å². The average Bonchev–Trinajstić information content (AvgIpc) is 2.71. The molecule has 3 aliphatic heterocycles. The molecular weight excluding hydrogens is 326 g/mol. The molecule has 0 radical (unpaired) electrons. The van der Waals surface area contributed by atoms with E-state index in [4.69, 9.17) is 9.47 Å². The number of hydrogen-bond acceptors (Lipinski definition) is 5. The molecule has 0 saturated carbocycles. The number of pyridine rings is 1. The highest BCUT2D eigenvalue weighted by atomic mass is 16.5. The molecule has 0 spiro atoms. The lowest BCUT2D eigenvalue weighted by Gasteiger charge is -2.50. The van der Waals surface area contributed by atoms with Gasteiger partial charge in [0.25, 0.3) is 0 Å². The van der Waals surface area contributed by atoms with Crippen LogP contribution < -0.4 is 14.8 Å². The highest BCUT2D eigenvalue weighted by molar-refractivity contribution is 5.65. The van der Waals surface area contributed by atoms with Crippen LogP contribution >= 0.6 is 0 Å². The summed E-state index contributed by atoms with van der Waals surface area (Å²) in [6.07, 6.45) is 4.55. The quantitative estimate of drug-likeness (QED) is 0.889. The third kappa shape index (κ3) is 3.12. The van der Waals surface area contributed by atoms with Crippen molar-refractivity contribution in [2.24, 2.45) is 5.92 Å². The number of aromatic nitrogens is 1. The lowest BCUT2D eigenvalue weighted by molar-refractivity contribution is 0.0458. The summed E-state index contributed by atoms with van der Waals surface area (Å²) < 4.78 is 10.7. The van der Waals surface area contributed by atoms with E-state index in [0.717, 1.165) is 34.4 Å². The summed E-state index contributed by atoms with van der Waals surface area (Å²) in [6.45, 7) is 4.84. The van der Waals surface area contributed by atoms with E-state index in [9.17, 15) is 0 Å². The Bertz CT molecular complexity index is 752. The Balaban J connectivity index is 1.50. The molecule has 5 nitrogen and oxygen atoms in total. The molecule has 1 N–H and O–H groups in total. The van der Waals surface area contributed by atoms with Gasteiger partial charge in [-0.3, -0.25) is 9.88 Å². The Kier molecular flexibility index (Phi) is 4.72. The lowest BCUT2D eigenvalue weighted by Crippen LogP contribution is -2.59. The van der Waals surface area contributed by atoms with E-state index in [1.807, 2.05) is 24.4 Å². The smallest absolute Gasteiger partial charge is 0.161 e. The van der Waals surface area contributed by atoms with E-state index in [2.05, 4.69) is 34.3 Å². The Labute approximate surface area is 155 Å². The van der Waals surface area contributed by atoms with Crippen LogP contribution in [0, 0.1) is 5.92 Å². The highest BCUT2D eigenvalue weighted by Gasteiger charge is 2.39. The number of fused-ring (bicyclic) bond motifs is 3. The van der Waals surface area contributed by atoms with Gasteiger partial charge in [-0.05, 0) is 69.1 Å². The molecule has 3 fully saturated rings. The van der Waals surface area contributed by atoms with Crippen LogP contribution in [-0.2, 0) is 0 Å². The van der Waals surface area contributed by atoms with E-state index >= 15 is 0 Å². The Morgan fingerprint density at radius 2 is 1.81 bits per heavy atom. The maximum absolute atomic E-state index is 5.39. The minimum absolute atomic E-state index is 0.520. The van der Waals surface area contributed by atoms with Crippen molar-refractivity contribution in [3.8, 4) is 22.8 Å². The Morgan fingerprint density at radius 3 is 2.42 bits per heavy atom. The molecule has 5 heteroatoms. The summed E-state index contributed by atoms with van der Waals surface area (Å²) in [4.78, 5) is 7.26. The first kappa shape index (κ1) is 17.2. The fraction of sp³-hybridized carbons (Fsp3) is 0.476. The third-order valence-electron chi connectivity index (χ3n) is 5.95. The van der Waals surface area contributed by atoms with Gasteiger partial charge in [0, 0.05) is 17.6 Å². The normalized spacial score (nSPS) is 27.2. The van der Waals surface area contributed by atoms with Gasteiger partial charge in [0.1, 0.15) is 0 Å². The summed E-state index contributed by atoms with van der Waals surface area (Å²) in [6, 6.07) is 11.2. The van der Waals surface area contributed by atoms with Crippen molar-refractivity contribution in [2.75, 3.05) is 32.6 Å². The maximum Gasteiger partial charge on any atom is 0.161 e. The standard InChI is InChI=1S/C21H27N3O2/c1-14-21(15-8-10-24(14)11-9-15)23-17-5-6-18(22-13-17)16-4-7-19(25-2)20(12-16)26-3/h4-7,12-15,21,23H,8-11H2,1-3H3/t14-,21+/m1/s1. The van der Waals surface area contributed by atoms with Gasteiger partial charge in [-0.1, -0.05) is 0 Å². The van der Waals surface area contributed by atoms with Gasteiger partial charge in [0.2, 0.25) is 0 Å². The van der Waals surface area contributed by atoms with Crippen LogP contribution in [0.2, 0.25) is 0 Å². The number of rotatable bonds is 5. The van der Waals surface area contributed by atoms with Gasteiger partial charge in [-0.15, -0.1) is 0 Å². The van der Waals surface area contributed by atoms with Crippen molar-refractivity contribution in [2.45, 2.75) is 31.8 Å². The molecule has 2 atom stereocenters. The number of methoxy groups -OCH3 is 2. The molecule has 0 aliphatic carbocycles. The van der Waals surface area contributed by atoms with Crippen LogP contribution in [0.4, 0.5) is 5.69 Å². The first-order valence-electron chi connectivity index (χ1n) is 9.38. The number of nitrogens with zero attached hydrogens (tertiary/aromatic N) is 2. The first-order chi connectivity index (χ1) is 12.7. The summed E-state index contributed by atoms with van der Waals surface area (Å²) in [5.41, 5.74) is 3.05. The molecule has 3 saturated heterocycles. The van der Waals surface area contributed by atoms with Gasteiger partial charge < -0.3 is 14.8 Å². The summed E-state index contributed by atoms with van der Waals surface area (Å²) >= 11 is 0. The fourth-order valence-corrected chi connectivity index (χ4v) is 4.38. The molecule has 26 heavy (non-hydrogen) atoms. The van der Waals surface area contributed by atoms with Crippen molar-refractivity contribution in [3.63, 3.8) is 0 Å². The second-order valence-electron chi connectivity index (χ2n) is 7.29. The van der Waals surface area contributed by atoms with E-state index in [0.29, 0.717) is 12.1 Å². The number of hydrogen-bond donors (Lipinski definition) is 1. The second kappa shape index (κ2) is 7.16. The Morgan fingerprint density at radius 1 is 1.04 bits per heavy atom. The van der Waals surface area contributed by atoms with Gasteiger partial charge in [-0.25, -0.2) is 0 Å². The van der Waals surface area contributed by atoms with Crippen LogP contribution in [0.3, 0.4) is 0 Å². The topological polar surface area (TPSA) is 46.6 Å². The molecule has 4 heterocycles. The largest absolute Gasteiger partial charge is 0.493 e. The molecular formula is C21H27N3O2. The van der Waals surface area contributed by atoms with Crippen molar-refractivity contribution >= 4 is 5.69 Å². The zero-order valence-corrected chi connectivity index (χ0v) is 15.7. The van der Waals surface area contributed by atoms with E-state index in [1.54, 1.807) is 14.2 Å². The zero-order chi connectivity index (χ0) is 18.1. The van der Waals surface area contributed by atoms with Crippen LogP contribution in [0.15, 0.2) is 36.5 Å². The zero-order valence-electron chi connectivity index (χ0n) is 15.7. The van der Waals surface area contributed by atoms with Crippen molar-refractivity contribution in [1.82, 2.24) is 9.88 Å². The van der Waals surface area contributed by atoms with Crippen LogP contribution in [-0.4, -0.2) is 49.3 Å². The summed E-state index contributed by atoms with van der Waals surface area (Å²) in [5, 5.41) is 3.73. The molecule has 2 bridgehead atoms. The number of ether oxygens (including phenoxy) is 2. The average molecular weight is 353 g/mol. The summed E-state index contributed by atoms with van der Waals surface area (Å²) in [5.74, 6) is 2.22. The molecule has 0 amide bonds. The van der Waals surface area contributed by atoms with Gasteiger partial charge in [0.05, 0.1) is 31.8 Å². The van der Waals surface area contributed by atoms with Crippen molar-refractivity contribution < 1.29 is 9.47 Å². The lowest BCUT2D eigenvalue weighted by atomic mass is 9.79. The predicted octanol–water partition coefficient (Wildman–Crippen LogP) is 3.66. The number of nitrogens with one attached hydrogen (secondary N) is 1. The van der Waals surface area contributed by atoms with E-state index in [1.165, 1.54) is 25.9 Å². The van der Waals surface area contributed by atoms with E-state index < -0.39 is 0 Å². The molecule has 2 aromatic rings. The molecule has 1 aromatic heterocycles. The van der Waals surface area contributed by atoms with Gasteiger partial charge in [-0.2, -0.15) is 0 Å². The summed E-state index contributed by atoms with van der Waals surface area (Å²) in [7, 11) is 3.29. The monoisotopic (exact) mass is 353 g/mol. The number of benzene rings is 1. The van der Waals surface area contributed by atoms with Crippen LogP contribution in [0.5, 0.6) is 11.5 Å². The molecule has 1 aromatic carbocycles. The SMILES string of the molecule is COc1ccc(-c2ccc(N[C@@H]3C4CCN(CC4)[C@@H]3C)cn2)cc1OC. The maximum atomic E-state index is 5.39. The van der Waals surface area contributed by atoms with Crippen LogP contribution in [0.25, 0.3) is 11.3 Å². The van der Waals surface area contributed by atoms with Crippen molar-refractivity contribution in [1.29, 1.82) is 0 Å². The predicted molar refractivity (Wildman–Crippen MR) is 104 cm³/mol.